The highest BCUT2D eigenvalue weighted by Crippen LogP contribution is 2.34. The van der Waals surface area contributed by atoms with Gasteiger partial charge in [-0.3, -0.25) is 4.99 Å². The number of aromatic hydroxyl groups is 1. The van der Waals surface area contributed by atoms with Gasteiger partial charge in [-0.05, 0) is 42.7 Å². The molecule has 0 amide bonds. The van der Waals surface area contributed by atoms with Gasteiger partial charge in [0.2, 0.25) is 0 Å². The summed E-state index contributed by atoms with van der Waals surface area (Å²) in [5.41, 5.74) is 3.05. The maximum atomic E-state index is 10.6. The number of phenols is 1. The van der Waals surface area contributed by atoms with Crippen LogP contribution < -0.4 is 0 Å². The van der Waals surface area contributed by atoms with E-state index in [9.17, 15) is 5.11 Å². The zero-order chi connectivity index (χ0) is 16.2. The predicted molar refractivity (Wildman–Crippen MR) is 92.7 cm³/mol. The molecule has 0 saturated heterocycles. The predicted octanol–water partition coefficient (Wildman–Crippen LogP) is 5.11. The molecule has 1 N–H and O–H groups in total. The summed E-state index contributed by atoms with van der Waals surface area (Å²) in [6, 6.07) is 4.52. The molecule has 0 heterocycles. The van der Waals surface area contributed by atoms with Gasteiger partial charge in [-0.25, -0.2) is 0 Å². The number of aliphatic imine (C=N–C) groups is 1. The van der Waals surface area contributed by atoms with Gasteiger partial charge in [-0.2, -0.15) is 0 Å². The molecule has 1 rings (SSSR count). The van der Waals surface area contributed by atoms with Crippen molar-refractivity contribution in [2.45, 2.75) is 72.8 Å². The molecule has 0 aliphatic rings. The molecule has 0 aromatic heterocycles. The number of hydrogen-bond acceptors (Lipinski definition) is 2. The summed E-state index contributed by atoms with van der Waals surface area (Å²) in [7, 11) is 0. The lowest BCUT2D eigenvalue weighted by molar-refractivity contribution is 0.445. The zero-order valence-electron chi connectivity index (χ0n) is 14.7. The summed E-state index contributed by atoms with van der Waals surface area (Å²) in [6.45, 7) is 15.1. The van der Waals surface area contributed by atoms with E-state index in [4.69, 9.17) is 0 Å². The Balaban J connectivity index is 3.31. The fraction of sp³-hybridized carbons (Fsp3) is 0.632. The molecule has 2 heteroatoms. The highest BCUT2D eigenvalue weighted by atomic mass is 16.3. The Bertz CT molecular complexity index is 495. The molecule has 1 aromatic carbocycles. The molecule has 21 heavy (non-hydrogen) atoms. The summed E-state index contributed by atoms with van der Waals surface area (Å²) in [4.78, 5) is 4.53. The lowest BCUT2D eigenvalue weighted by Crippen LogP contribution is -2.13. The summed E-state index contributed by atoms with van der Waals surface area (Å²) in [5.74, 6) is 0.976. The van der Waals surface area contributed by atoms with Crippen LogP contribution in [0, 0.1) is 5.92 Å². The molecule has 2 nitrogen and oxygen atoms in total. The van der Waals surface area contributed by atoms with Gasteiger partial charge < -0.3 is 5.11 Å². The molecule has 0 spiro atoms. The minimum atomic E-state index is -0.0734. The van der Waals surface area contributed by atoms with Crippen LogP contribution in [0.3, 0.4) is 0 Å². The van der Waals surface area contributed by atoms with Crippen LogP contribution >= 0.6 is 0 Å². The number of benzene rings is 1. The van der Waals surface area contributed by atoms with Gasteiger partial charge in [-0.1, -0.05) is 47.6 Å². The van der Waals surface area contributed by atoms with Crippen molar-refractivity contribution in [3.8, 4) is 5.75 Å². The quantitative estimate of drug-likeness (QED) is 0.751. The van der Waals surface area contributed by atoms with Crippen LogP contribution in [0.2, 0.25) is 0 Å². The molecule has 1 atom stereocenters. The fourth-order valence-corrected chi connectivity index (χ4v) is 2.29. The molecule has 0 saturated carbocycles. The van der Waals surface area contributed by atoms with Gasteiger partial charge in [0.05, 0.1) is 0 Å². The van der Waals surface area contributed by atoms with Crippen LogP contribution in [0.4, 0.5) is 0 Å². The van der Waals surface area contributed by atoms with Crippen molar-refractivity contribution in [1.82, 2.24) is 0 Å². The summed E-state index contributed by atoms with van der Waals surface area (Å²) in [6.07, 6.45) is 3.87. The smallest absolute Gasteiger partial charge is 0.128 e. The maximum Gasteiger partial charge on any atom is 0.128 e. The average Bonchev–Trinajstić information content (AvgIpc) is 2.36. The second-order valence-electron chi connectivity index (χ2n) is 7.46. The van der Waals surface area contributed by atoms with Crippen molar-refractivity contribution in [3.63, 3.8) is 0 Å². The van der Waals surface area contributed by atoms with E-state index < -0.39 is 0 Å². The SMILES string of the molecule is CCC(C)N=Cc1cc(CC(C)C)cc(C(C)(C)C)c1O. The van der Waals surface area contributed by atoms with Crippen molar-refractivity contribution >= 4 is 6.21 Å². The van der Waals surface area contributed by atoms with Gasteiger partial charge in [-0.15, -0.1) is 0 Å². The molecule has 0 fully saturated rings. The van der Waals surface area contributed by atoms with E-state index in [1.165, 1.54) is 5.56 Å². The molecule has 0 bridgehead atoms. The molecule has 0 aliphatic carbocycles. The van der Waals surface area contributed by atoms with Crippen molar-refractivity contribution in [2.24, 2.45) is 10.9 Å². The van der Waals surface area contributed by atoms with Gasteiger partial charge in [0.15, 0.2) is 0 Å². The third kappa shape index (κ3) is 5.18. The Hall–Kier alpha value is -1.31. The van der Waals surface area contributed by atoms with Crippen molar-refractivity contribution in [1.29, 1.82) is 0 Å². The maximum absolute atomic E-state index is 10.6. The van der Waals surface area contributed by atoms with Crippen LogP contribution in [-0.2, 0) is 11.8 Å². The number of hydrogen-bond donors (Lipinski definition) is 1. The first-order valence-corrected chi connectivity index (χ1v) is 8.04. The molecular formula is C19H31NO. The highest BCUT2D eigenvalue weighted by molar-refractivity contribution is 5.85. The highest BCUT2D eigenvalue weighted by Gasteiger charge is 2.21. The minimum Gasteiger partial charge on any atom is -0.507 e. The summed E-state index contributed by atoms with van der Waals surface area (Å²) >= 11 is 0. The van der Waals surface area contributed by atoms with Crippen LogP contribution in [0.5, 0.6) is 5.75 Å². The van der Waals surface area contributed by atoms with E-state index in [2.05, 4.69) is 65.6 Å². The van der Waals surface area contributed by atoms with Crippen molar-refractivity contribution in [3.05, 3.63) is 28.8 Å². The molecular weight excluding hydrogens is 258 g/mol. The first kappa shape index (κ1) is 17.7. The molecule has 0 aliphatic heterocycles. The number of rotatable bonds is 5. The topological polar surface area (TPSA) is 32.6 Å². The summed E-state index contributed by atoms with van der Waals surface area (Å²) in [5, 5.41) is 10.6. The van der Waals surface area contributed by atoms with E-state index in [0.29, 0.717) is 11.7 Å². The largest absolute Gasteiger partial charge is 0.507 e. The molecule has 1 aromatic rings. The first-order chi connectivity index (χ1) is 9.65. The molecule has 1 unspecified atom stereocenters. The monoisotopic (exact) mass is 289 g/mol. The van der Waals surface area contributed by atoms with E-state index in [1.54, 1.807) is 0 Å². The zero-order valence-corrected chi connectivity index (χ0v) is 14.7. The van der Waals surface area contributed by atoms with Crippen molar-refractivity contribution in [2.75, 3.05) is 0 Å². The lowest BCUT2D eigenvalue weighted by atomic mass is 9.83. The lowest BCUT2D eigenvalue weighted by Gasteiger charge is -2.23. The first-order valence-electron chi connectivity index (χ1n) is 8.04. The third-order valence-corrected chi connectivity index (χ3v) is 3.71. The van der Waals surface area contributed by atoms with E-state index in [0.717, 1.165) is 24.0 Å². The van der Waals surface area contributed by atoms with Crippen LogP contribution in [0.15, 0.2) is 17.1 Å². The van der Waals surface area contributed by atoms with Crippen LogP contribution in [0.25, 0.3) is 0 Å². The third-order valence-electron chi connectivity index (χ3n) is 3.71. The number of nitrogens with zero attached hydrogens (tertiary/aromatic N) is 1. The van der Waals surface area contributed by atoms with Crippen molar-refractivity contribution < 1.29 is 5.11 Å². The van der Waals surface area contributed by atoms with E-state index >= 15 is 0 Å². The van der Waals surface area contributed by atoms with Gasteiger partial charge in [0.25, 0.3) is 0 Å². The van der Waals surface area contributed by atoms with E-state index in [-0.39, 0.29) is 11.5 Å². The van der Waals surface area contributed by atoms with E-state index in [1.807, 2.05) is 6.21 Å². The molecule has 118 valence electrons. The average molecular weight is 289 g/mol. The Kier molecular flexibility index (Phi) is 6.00. The second kappa shape index (κ2) is 7.11. The Labute approximate surface area is 130 Å². The minimum absolute atomic E-state index is 0.0734. The van der Waals surface area contributed by atoms with Crippen LogP contribution in [-0.4, -0.2) is 17.4 Å². The van der Waals surface area contributed by atoms with Gasteiger partial charge >= 0.3 is 0 Å². The second-order valence-corrected chi connectivity index (χ2v) is 7.46. The number of phenolic OH excluding ortho intramolecular Hbond substituents is 1. The fourth-order valence-electron chi connectivity index (χ4n) is 2.29. The standard InChI is InChI=1S/C19H31NO/c1-8-14(4)20-12-16-10-15(9-13(2)3)11-17(18(16)21)19(5,6)7/h10-14,21H,8-9H2,1-7H3. The summed E-state index contributed by atoms with van der Waals surface area (Å²) < 4.78 is 0. The molecule has 0 radical (unpaired) electrons. The Morgan fingerprint density at radius 2 is 1.81 bits per heavy atom. The van der Waals surface area contributed by atoms with Gasteiger partial charge in [0.1, 0.15) is 5.75 Å². The van der Waals surface area contributed by atoms with Crippen LogP contribution in [0.1, 0.15) is 71.6 Å². The van der Waals surface area contributed by atoms with Gasteiger partial charge in [0, 0.05) is 23.4 Å². The Morgan fingerprint density at radius 1 is 1.19 bits per heavy atom. The Morgan fingerprint density at radius 3 is 2.29 bits per heavy atom. The normalized spacial score (nSPS) is 14.1.